The molecular formula is C19H19F3N6O. The molecule has 0 spiro atoms. The number of nitrogens with zero attached hydrogens (tertiary/aromatic N) is 4. The van der Waals surface area contributed by atoms with E-state index in [1.807, 2.05) is 13.8 Å². The average molecular weight is 404 g/mol. The smallest absolute Gasteiger partial charge is 0.355 e. The van der Waals surface area contributed by atoms with Gasteiger partial charge in [0.2, 0.25) is 5.82 Å². The first kappa shape index (κ1) is 20.3. The lowest BCUT2D eigenvalue weighted by molar-refractivity contribution is -0.137. The molecule has 1 amide bonds. The first-order valence-electron chi connectivity index (χ1n) is 8.77. The van der Waals surface area contributed by atoms with E-state index in [4.69, 9.17) is 0 Å². The predicted molar refractivity (Wildman–Crippen MR) is 102 cm³/mol. The van der Waals surface area contributed by atoms with Crippen LogP contribution in [0, 0.1) is 0 Å². The normalized spacial score (nSPS) is 11.6. The zero-order chi connectivity index (χ0) is 21.2. The number of amides is 1. The van der Waals surface area contributed by atoms with Crippen LogP contribution in [0.15, 0.2) is 42.5 Å². The van der Waals surface area contributed by atoms with Crippen LogP contribution in [0.25, 0.3) is 11.4 Å². The van der Waals surface area contributed by atoms with E-state index in [0.717, 1.165) is 12.1 Å². The maximum absolute atomic E-state index is 13.0. The van der Waals surface area contributed by atoms with E-state index < -0.39 is 11.7 Å². The number of carbonyl (C=O) groups is 1. The molecule has 10 heteroatoms. The van der Waals surface area contributed by atoms with Gasteiger partial charge in [0, 0.05) is 28.5 Å². The zero-order valence-corrected chi connectivity index (χ0v) is 15.9. The summed E-state index contributed by atoms with van der Waals surface area (Å²) in [5.74, 6) is -0.0445. The van der Waals surface area contributed by atoms with E-state index in [-0.39, 0.29) is 23.5 Å². The fraction of sp³-hybridized carbons (Fsp3) is 0.263. The van der Waals surface area contributed by atoms with Crippen LogP contribution in [0.4, 0.5) is 24.5 Å². The minimum absolute atomic E-state index is 0.0523. The third kappa shape index (κ3) is 4.89. The Hall–Kier alpha value is -3.43. The van der Waals surface area contributed by atoms with E-state index in [0.29, 0.717) is 16.8 Å². The highest BCUT2D eigenvalue weighted by atomic mass is 19.4. The van der Waals surface area contributed by atoms with Crippen molar-refractivity contribution in [3.05, 3.63) is 53.6 Å². The summed E-state index contributed by atoms with van der Waals surface area (Å²) in [5.41, 5.74) is 0.722. The Kier molecular flexibility index (Phi) is 5.53. The molecule has 1 aromatic heterocycles. The number of hydrogen-bond donors (Lipinski definition) is 2. The van der Waals surface area contributed by atoms with Crippen LogP contribution in [-0.2, 0) is 13.2 Å². The van der Waals surface area contributed by atoms with Crippen molar-refractivity contribution in [1.82, 2.24) is 25.5 Å². The van der Waals surface area contributed by atoms with E-state index in [1.54, 1.807) is 25.2 Å². The van der Waals surface area contributed by atoms with E-state index in [9.17, 15) is 18.0 Å². The molecular weight excluding hydrogens is 385 g/mol. The second-order valence-electron chi connectivity index (χ2n) is 6.69. The van der Waals surface area contributed by atoms with Crippen molar-refractivity contribution in [2.45, 2.75) is 26.1 Å². The highest BCUT2D eigenvalue weighted by Gasteiger charge is 2.30. The SMILES string of the molecule is CC(C)NC(=O)c1ccc(Nc2cccc(C(F)(F)F)c2)c(-c2nnn(C)n2)c1. The summed E-state index contributed by atoms with van der Waals surface area (Å²) in [6, 6.07) is 9.53. The van der Waals surface area contributed by atoms with Crippen LogP contribution in [-0.4, -0.2) is 32.2 Å². The second-order valence-corrected chi connectivity index (χ2v) is 6.69. The molecule has 0 aliphatic heterocycles. The first-order chi connectivity index (χ1) is 13.6. The van der Waals surface area contributed by atoms with Gasteiger partial charge in [0.05, 0.1) is 12.6 Å². The van der Waals surface area contributed by atoms with Crippen LogP contribution in [0.5, 0.6) is 0 Å². The zero-order valence-electron chi connectivity index (χ0n) is 15.9. The number of aromatic nitrogens is 4. The number of halogens is 3. The lowest BCUT2D eigenvalue weighted by Gasteiger charge is -2.14. The van der Waals surface area contributed by atoms with Gasteiger partial charge in [0.15, 0.2) is 0 Å². The lowest BCUT2D eigenvalue weighted by atomic mass is 10.1. The molecule has 7 nitrogen and oxygen atoms in total. The number of benzene rings is 2. The van der Waals surface area contributed by atoms with E-state index in [2.05, 4.69) is 26.0 Å². The molecule has 0 fully saturated rings. The van der Waals surface area contributed by atoms with Crippen LogP contribution >= 0.6 is 0 Å². The quantitative estimate of drug-likeness (QED) is 0.676. The van der Waals surface area contributed by atoms with Crippen molar-refractivity contribution in [1.29, 1.82) is 0 Å². The average Bonchev–Trinajstić information content (AvgIpc) is 3.07. The highest BCUT2D eigenvalue weighted by molar-refractivity contribution is 5.97. The molecule has 0 saturated carbocycles. The summed E-state index contributed by atoms with van der Waals surface area (Å²) in [4.78, 5) is 13.6. The first-order valence-corrected chi connectivity index (χ1v) is 8.77. The molecule has 0 bridgehead atoms. The van der Waals surface area contributed by atoms with Crippen LogP contribution in [0.2, 0.25) is 0 Å². The van der Waals surface area contributed by atoms with E-state index in [1.165, 1.54) is 16.9 Å². The molecule has 3 rings (SSSR count). The largest absolute Gasteiger partial charge is 0.416 e. The summed E-state index contributed by atoms with van der Waals surface area (Å²) >= 11 is 0. The number of nitrogens with one attached hydrogen (secondary N) is 2. The second kappa shape index (κ2) is 7.90. The summed E-state index contributed by atoms with van der Waals surface area (Å²) in [6.07, 6.45) is -4.45. The minimum Gasteiger partial charge on any atom is -0.355 e. The molecule has 152 valence electrons. The van der Waals surface area contributed by atoms with Gasteiger partial charge in [0.1, 0.15) is 0 Å². The number of anilines is 2. The lowest BCUT2D eigenvalue weighted by Crippen LogP contribution is -2.30. The molecule has 0 radical (unpaired) electrons. The van der Waals surface area contributed by atoms with Gasteiger partial charge in [0.25, 0.3) is 5.91 Å². The summed E-state index contributed by atoms with van der Waals surface area (Å²) in [6.45, 7) is 3.68. The fourth-order valence-electron chi connectivity index (χ4n) is 2.65. The van der Waals surface area contributed by atoms with Gasteiger partial charge in [-0.15, -0.1) is 10.2 Å². The summed E-state index contributed by atoms with van der Waals surface area (Å²) < 4.78 is 39.0. The summed E-state index contributed by atoms with van der Waals surface area (Å²) in [5, 5.41) is 17.6. The highest BCUT2D eigenvalue weighted by Crippen LogP contribution is 2.33. The maximum Gasteiger partial charge on any atom is 0.416 e. The molecule has 0 aliphatic rings. The van der Waals surface area contributed by atoms with Crippen LogP contribution < -0.4 is 10.6 Å². The van der Waals surface area contributed by atoms with E-state index >= 15 is 0 Å². The van der Waals surface area contributed by atoms with Gasteiger partial charge in [-0.25, -0.2) is 0 Å². The Morgan fingerprint density at radius 2 is 1.90 bits per heavy atom. The third-order valence-electron chi connectivity index (χ3n) is 3.92. The molecule has 2 aromatic carbocycles. The topological polar surface area (TPSA) is 84.7 Å². The number of alkyl halides is 3. The van der Waals surface area contributed by atoms with Gasteiger partial charge < -0.3 is 10.6 Å². The Morgan fingerprint density at radius 1 is 1.14 bits per heavy atom. The van der Waals surface area contributed by atoms with Crippen molar-refractivity contribution < 1.29 is 18.0 Å². The minimum atomic E-state index is -4.45. The van der Waals surface area contributed by atoms with Gasteiger partial charge in [-0.1, -0.05) is 6.07 Å². The van der Waals surface area contributed by atoms with Crippen molar-refractivity contribution in [2.75, 3.05) is 5.32 Å². The number of aryl methyl sites for hydroxylation is 1. The Labute approximate surface area is 164 Å². The van der Waals surface area contributed by atoms with Crippen molar-refractivity contribution in [2.24, 2.45) is 7.05 Å². The van der Waals surface area contributed by atoms with Gasteiger partial charge in [-0.3, -0.25) is 4.79 Å². The maximum atomic E-state index is 13.0. The van der Waals surface area contributed by atoms with Crippen LogP contribution in [0.1, 0.15) is 29.8 Å². The molecule has 0 saturated heterocycles. The number of carbonyl (C=O) groups excluding carboxylic acids is 1. The van der Waals surface area contributed by atoms with Crippen molar-refractivity contribution >= 4 is 17.3 Å². The predicted octanol–water partition coefficient (Wildman–Crippen LogP) is 3.78. The Bertz CT molecular complexity index is 1030. The van der Waals surface area contributed by atoms with Gasteiger partial charge >= 0.3 is 6.18 Å². The molecule has 3 aromatic rings. The van der Waals surface area contributed by atoms with Crippen molar-refractivity contribution in [3.8, 4) is 11.4 Å². The van der Waals surface area contributed by atoms with Gasteiger partial charge in [-0.2, -0.15) is 18.0 Å². The standard InChI is InChI=1S/C19H19F3N6O/c1-11(2)23-18(29)12-7-8-16(15(9-12)17-25-27-28(3)26-17)24-14-6-4-5-13(10-14)19(20,21)22/h4-11,24H,1-3H3,(H,23,29). The fourth-order valence-corrected chi connectivity index (χ4v) is 2.65. The molecule has 0 unspecified atom stereocenters. The van der Waals surface area contributed by atoms with Gasteiger partial charge in [-0.05, 0) is 55.5 Å². The number of tetrazole rings is 1. The number of rotatable bonds is 5. The Morgan fingerprint density at radius 3 is 2.52 bits per heavy atom. The molecule has 1 heterocycles. The summed E-state index contributed by atoms with van der Waals surface area (Å²) in [7, 11) is 1.59. The van der Waals surface area contributed by atoms with Crippen molar-refractivity contribution in [3.63, 3.8) is 0 Å². The Balaban J connectivity index is 2.01. The molecule has 2 N–H and O–H groups in total. The molecule has 0 atom stereocenters. The molecule has 29 heavy (non-hydrogen) atoms. The van der Waals surface area contributed by atoms with Crippen LogP contribution in [0.3, 0.4) is 0 Å². The third-order valence-corrected chi connectivity index (χ3v) is 3.92. The monoisotopic (exact) mass is 404 g/mol. The number of hydrogen-bond acceptors (Lipinski definition) is 5. The molecule has 0 aliphatic carbocycles.